The highest BCUT2D eigenvalue weighted by atomic mass is 32.2. The van der Waals surface area contributed by atoms with Gasteiger partial charge in [-0.25, -0.2) is 13.8 Å². The van der Waals surface area contributed by atoms with Gasteiger partial charge in [0.25, 0.3) is 15.9 Å². The van der Waals surface area contributed by atoms with E-state index in [0.29, 0.717) is 40.1 Å². The molecule has 10 heteroatoms. The number of phenols is 1. The molecule has 0 saturated carbocycles. The largest absolute Gasteiger partial charge is 0.506 e. The Morgan fingerprint density at radius 3 is 2.51 bits per heavy atom. The lowest BCUT2D eigenvalue weighted by molar-refractivity contribution is 0.0955. The van der Waals surface area contributed by atoms with Crippen molar-refractivity contribution in [2.75, 3.05) is 11.3 Å². The van der Waals surface area contributed by atoms with E-state index in [-0.39, 0.29) is 10.6 Å². The van der Waals surface area contributed by atoms with Gasteiger partial charge in [0.05, 0.1) is 17.7 Å². The van der Waals surface area contributed by atoms with Crippen molar-refractivity contribution in [3.05, 3.63) is 90.1 Å². The number of carbonyl (C=O) groups excluding carboxylic acids is 1. The van der Waals surface area contributed by atoms with Crippen LogP contribution >= 0.6 is 0 Å². The van der Waals surface area contributed by atoms with Gasteiger partial charge in [-0.05, 0) is 73.7 Å². The lowest BCUT2D eigenvalue weighted by Gasteiger charge is -2.09. The molecule has 0 spiro atoms. The Morgan fingerprint density at radius 2 is 1.80 bits per heavy atom. The Kier molecular flexibility index (Phi) is 6.93. The molecule has 1 amide bonds. The van der Waals surface area contributed by atoms with Gasteiger partial charge in [0.1, 0.15) is 17.0 Å². The van der Waals surface area contributed by atoms with Crippen LogP contribution in [0.4, 0.5) is 5.69 Å². The van der Waals surface area contributed by atoms with Crippen LogP contribution in [0.15, 0.2) is 89.0 Å². The second-order valence-corrected chi connectivity index (χ2v) is 9.04. The Hall–Kier alpha value is -4.44. The average molecular weight is 491 g/mol. The van der Waals surface area contributed by atoms with E-state index in [4.69, 9.17) is 4.74 Å². The summed E-state index contributed by atoms with van der Waals surface area (Å²) in [5, 5.41) is 14.6. The van der Waals surface area contributed by atoms with Crippen LogP contribution < -0.4 is 14.9 Å². The third kappa shape index (κ3) is 5.56. The van der Waals surface area contributed by atoms with Crippen molar-refractivity contribution in [3.63, 3.8) is 0 Å². The molecular formula is C25H22N4O5S. The molecule has 9 nitrogen and oxygen atoms in total. The highest BCUT2D eigenvalue weighted by molar-refractivity contribution is 7.92. The third-order valence-corrected chi connectivity index (χ3v) is 6.39. The van der Waals surface area contributed by atoms with Crippen molar-refractivity contribution in [2.45, 2.75) is 11.8 Å². The van der Waals surface area contributed by atoms with Crippen LogP contribution in [-0.4, -0.2) is 37.2 Å². The summed E-state index contributed by atoms with van der Waals surface area (Å²) in [6.07, 6.45) is 3.04. The van der Waals surface area contributed by atoms with E-state index in [1.807, 2.05) is 6.92 Å². The number of nitrogens with one attached hydrogen (secondary N) is 2. The van der Waals surface area contributed by atoms with Gasteiger partial charge in [0, 0.05) is 28.4 Å². The number of benzene rings is 3. The van der Waals surface area contributed by atoms with E-state index < -0.39 is 15.9 Å². The van der Waals surface area contributed by atoms with Crippen molar-refractivity contribution < 1.29 is 23.1 Å². The van der Waals surface area contributed by atoms with Crippen molar-refractivity contribution in [2.24, 2.45) is 5.10 Å². The maximum atomic E-state index is 12.6. The zero-order chi connectivity index (χ0) is 24.8. The highest BCUT2D eigenvalue weighted by Gasteiger charge is 2.15. The average Bonchev–Trinajstić information content (AvgIpc) is 2.86. The molecule has 0 saturated heterocycles. The van der Waals surface area contributed by atoms with Crippen molar-refractivity contribution in [1.29, 1.82) is 0 Å². The van der Waals surface area contributed by atoms with Crippen LogP contribution in [-0.2, 0) is 10.0 Å². The van der Waals surface area contributed by atoms with Gasteiger partial charge in [-0.3, -0.25) is 14.5 Å². The Balaban J connectivity index is 1.40. The number of phenolic OH excluding ortho intramolecular Hbond substituents is 1. The van der Waals surface area contributed by atoms with E-state index >= 15 is 0 Å². The molecule has 4 rings (SSSR count). The molecule has 1 aromatic heterocycles. The summed E-state index contributed by atoms with van der Waals surface area (Å²) in [6.45, 7) is 2.33. The molecule has 1 heterocycles. The van der Waals surface area contributed by atoms with Crippen LogP contribution in [0.3, 0.4) is 0 Å². The molecule has 0 bridgehead atoms. The van der Waals surface area contributed by atoms with E-state index in [0.717, 1.165) is 0 Å². The Morgan fingerprint density at radius 1 is 1.06 bits per heavy atom. The first-order valence-electron chi connectivity index (χ1n) is 10.6. The predicted octanol–water partition coefficient (Wildman–Crippen LogP) is 3.90. The molecule has 35 heavy (non-hydrogen) atoms. The summed E-state index contributed by atoms with van der Waals surface area (Å²) in [7, 11) is -3.80. The van der Waals surface area contributed by atoms with Gasteiger partial charge in [0.2, 0.25) is 0 Å². The maximum absolute atomic E-state index is 12.6. The zero-order valence-electron chi connectivity index (χ0n) is 18.7. The van der Waals surface area contributed by atoms with Gasteiger partial charge in [-0.1, -0.05) is 6.07 Å². The molecule has 0 radical (unpaired) electrons. The molecule has 0 unspecified atom stereocenters. The Bertz CT molecular complexity index is 1490. The van der Waals surface area contributed by atoms with Crippen LogP contribution in [0.25, 0.3) is 10.9 Å². The number of sulfonamides is 1. The molecule has 0 aliphatic rings. The van der Waals surface area contributed by atoms with Gasteiger partial charge in [-0.15, -0.1) is 0 Å². The Labute approximate surface area is 202 Å². The first kappa shape index (κ1) is 23.7. The second kappa shape index (κ2) is 10.2. The van der Waals surface area contributed by atoms with Gasteiger partial charge in [0.15, 0.2) is 0 Å². The molecule has 3 aromatic carbocycles. The fraction of sp³-hybridized carbons (Fsp3) is 0.0800. The quantitative estimate of drug-likeness (QED) is 0.254. The summed E-state index contributed by atoms with van der Waals surface area (Å²) in [5.41, 5.74) is 4.14. The lowest BCUT2D eigenvalue weighted by Crippen LogP contribution is -2.18. The van der Waals surface area contributed by atoms with E-state index in [9.17, 15) is 18.3 Å². The van der Waals surface area contributed by atoms with Crippen molar-refractivity contribution >= 4 is 38.7 Å². The number of aromatic nitrogens is 1. The van der Waals surface area contributed by atoms with Gasteiger partial charge < -0.3 is 9.84 Å². The van der Waals surface area contributed by atoms with Crippen LogP contribution in [0, 0.1) is 0 Å². The number of hydrogen-bond acceptors (Lipinski definition) is 7. The summed E-state index contributed by atoms with van der Waals surface area (Å²) in [4.78, 5) is 16.7. The number of rotatable bonds is 8. The molecule has 3 N–H and O–H groups in total. The molecular weight excluding hydrogens is 468 g/mol. The molecule has 0 fully saturated rings. The number of aromatic hydroxyl groups is 1. The second-order valence-electron chi connectivity index (χ2n) is 7.36. The summed E-state index contributed by atoms with van der Waals surface area (Å²) >= 11 is 0. The molecule has 0 aliphatic carbocycles. The molecule has 178 valence electrons. The minimum absolute atomic E-state index is 0.0556. The number of nitrogens with zero attached hydrogens (tertiary/aromatic N) is 2. The number of fused-ring (bicyclic) bond motifs is 1. The number of anilines is 1. The smallest absolute Gasteiger partial charge is 0.271 e. The standard InChI is InChI=1S/C25H22N4O5S/c1-2-34-20-10-12-21(13-11-20)35(32,33)29-19-8-5-17(6-9-19)25(31)28-27-16-18-7-14-23(30)24-22(18)4-3-15-26-24/h3-16,29-30H,2H2,1H3,(H,28,31)/b27-16+. The predicted molar refractivity (Wildman–Crippen MR) is 133 cm³/mol. The summed E-state index contributed by atoms with van der Waals surface area (Å²) in [6, 6.07) is 18.7. The number of hydrogen-bond donors (Lipinski definition) is 3. The number of pyridine rings is 1. The van der Waals surface area contributed by atoms with E-state index in [1.54, 1.807) is 36.5 Å². The fourth-order valence-electron chi connectivity index (χ4n) is 3.30. The minimum atomic E-state index is -3.80. The van der Waals surface area contributed by atoms with Gasteiger partial charge >= 0.3 is 0 Å². The molecule has 0 atom stereocenters. The SMILES string of the molecule is CCOc1ccc(S(=O)(=O)Nc2ccc(C(=O)N/N=C/c3ccc(O)c4ncccc34)cc2)cc1. The normalized spacial score (nSPS) is 11.5. The molecule has 4 aromatic rings. The number of amides is 1. The topological polar surface area (TPSA) is 130 Å². The minimum Gasteiger partial charge on any atom is -0.506 e. The maximum Gasteiger partial charge on any atom is 0.271 e. The van der Waals surface area contributed by atoms with Crippen LogP contribution in [0.5, 0.6) is 11.5 Å². The number of hydrazone groups is 1. The summed E-state index contributed by atoms with van der Waals surface area (Å²) in [5.74, 6) is 0.170. The fourth-order valence-corrected chi connectivity index (χ4v) is 4.36. The van der Waals surface area contributed by atoms with Crippen molar-refractivity contribution in [3.8, 4) is 11.5 Å². The van der Waals surface area contributed by atoms with Crippen molar-refractivity contribution in [1.82, 2.24) is 10.4 Å². The monoisotopic (exact) mass is 490 g/mol. The third-order valence-electron chi connectivity index (χ3n) is 5.00. The van der Waals surface area contributed by atoms with E-state index in [1.165, 1.54) is 48.7 Å². The number of carbonyl (C=O) groups is 1. The number of ether oxygens (including phenoxy) is 1. The van der Waals surface area contributed by atoms with Crippen LogP contribution in [0.2, 0.25) is 0 Å². The summed E-state index contributed by atoms with van der Waals surface area (Å²) < 4.78 is 33.0. The molecule has 0 aliphatic heterocycles. The zero-order valence-corrected chi connectivity index (χ0v) is 19.5. The van der Waals surface area contributed by atoms with Gasteiger partial charge in [-0.2, -0.15) is 5.10 Å². The highest BCUT2D eigenvalue weighted by Crippen LogP contribution is 2.24. The first-order chi connectivity index (χ1) is 16.9. The van der Waals surface area contributed by atoms with E-state index in [2.05, 4.69) is 20.2 Å². The lowest BCUT2D eigenvalue weighted by atomic mass is 10.1. The first-order valence-corrected chi connectivity index (χ1v) is 12.1. The van der Waals surface area contributed by atoms with Crippen LogP contribution in [0.1, 0.15) is 22.8 Å².